The number of nitrogens with zero attached hydrogens (tertiary/aromatic N) is 3. The van der Waals surface area contributed by atoms with Gasteiger partial charge < -0.3 is 9.47 Å². The van der Waals surface area contributed by atoms with Gasteiger partial charge in [0.15, 0.2) is 0 Å². The van der Waals surface area contributed by atoms with Gasteiger partial charge in [-0.05, 0) is 25.7 Å². The van der Waals surface area contributed by atoms with E-state index in [2.05, 4.69) is 35.7 Å². The first-order chi connectivity index (χ1) is 19.6. The van der Waals surface area contributed by atoms with Crippen molar-refractivity contribution in [3.63, 3.8) is 0 Å². The molecule has 2 heterocycles. The number of quaternary nitrogens is 1. The molecule has 40 heavy (non-hydrogen) atoms. The van der Waals surface area contributed by atoms with Crippen molar-refractivity contribution >= 4 is 23.3 Å². The first-order valence-electron chi connectivity index (χ1n) is 16.8. The van der Waals surface area contributed by atoms with Crippen LogP contribution in [0.4, 0.5) is 0 Å². The van der Waals surface area contributed by atoms with E-state index in [0.29, 0.717) is 24.8 Å². The van der Waals surface area contributed by atoms with Crippen LogP contribution in [0.1, 0.15) is 148 Å². The van der Waals surface area contributed by atoms with E-state index in [4.69, 9.17) is 9.47 Å². The van der Waals surface area contributed by atoms with Gasteiger partial charge in [-0.25, -0.2) is 0 Å². The Morgan fingerprint density at radius 3 is 2.27 bits per heavy atom. The molecule has 0 saturated heterocycles. The van der Waals surface area contributed by atoms with Crippen LogP contribution in [-0.2, 0) is 9.53 Å². The quantitative estimate of drug-likeness (QED) is 0.0880. The van der Waals surface area contributed by atoms with E-state index < -0.39 is 0 Å². The zero-order valence-electron chi connectivity index (χ0n) is 26.0. The predicted octanol–water partition coefficient (Wildman–Crippen LogP) is 9.10. The molecule has 0 bridgehead atoms. The van der Waals surface area contributed by atoms with Crippen LogP contribution < -0.4 is 4.74 Å². The molecular weight excluding hydrogens is 518 g/mol. The number of ether oxygens (including phenoxy) is 2. The number of likely N-dealkylation sites (N-methyl/N-ethyl adjacent to an activating group) is 1. The largest absolute Gasteiger partial charge is 0.475 e. The summed E-state index contributed by atoms with van der Waals surface area (Å²) in [6, 6.07) is 0. The van der Waals surface area contributed by atoms with Gasteiger partial charge in [-0.15, -0.1) is 4.37 Å². The fraction of sp³-hybridized carbons (Fsp3) is 0.848. The number of carbonyl (C=O) groups excluding carboxylic acids is 1. The second kappa shape index (κ2) is 18.9. The summed E-state index contributed by atoms with van der Waals surface area (Å²) in [6.07, 6.45) is 25.9. The highest BCUT2D eigenvalue weighted by Gasteiger charge is 2.44. The Balaban J connectivity index is 1.55. The molecule has 2 aliphatic rings. The third-order valence-corrected chi connectivity index (χ3v) is 9.48. The van der Waals surface area contributed by atoms with Crippen molar-refractivity contribution in [2.45, 2.75) is 148 Å². The molecule has 6 nitrogen and oxygen atoms in total. The lowest BCUT2D eigenvalue weighted by Crippen LogP contribution is -2.59. The second-order valence-corrected chi connectivity index (χ2v) is 13.1. The molecule has 2 unspecified atom stereocenters. The standard InChI is InChI=1S/C33H58N3O3S/c1-4-6-8-10-11-12-13-14-18-24-30(37)39-33(28-21-16-15-17-22-28)36(3)25-20-23-29(27-36)31-32(35-40-34-31)38-26-19-9-7-5-2/h23,28,33H,4-22,24-27H2,1-3H3/q+1. The Morgan fingerprint density at radius 1 is 0.925 bits per heavy atom. The number of esters is 1. The van der Waals surface area contributed by atoms with Gasteiger partial charge in [0.05, 0.1) is 31.9 Å². The highest BCUT2D eigenvalue weighted by Crippen LogP contribution is 2.37. The normalized spacial score (nSPS) is 20.7. The van der Waals surface area contributed by atoms with Crippen molar-refractivity contribution in [1.82, 2.24) is 8.75 Å². The minimum Gasteiger partial charge on any atom is -0.475 e. The Hall–Kier alpha value is -1.47. The molecule has 1 aromatic heterocycles. The molecule has 1 aromatic rings. The Bertz CT molecular complexity index is 867. The minimum absolute atomic E-state index is 0.000369. The number of hydrogen-bond acceptors (Lipinski definition) is 6. The maximum Gasteiger partial charge on any atom is 0.310 e. The SMILES string of the molecule is CCCCCCCCCCCC(=O)OC(C1CCCCC1)[N+]1(C)CCC=C(c2nsnc2OCCCCCC)C1. The predicted molar refractivity (Wildman–Crippen MR) is 166 cm³/mol. The summed E-state index contributed by atoms with van der Waals surface area (Å²) >= 11 is 1.24. The van der Waals surface area contributed by atoms with E-state index in [1.54, 1.807) is 0 Å². The van der Waals surface area contributed by atoms with Gasteiger partial charge in [0.1, 0.15) is 12.2 Å². The van der Waals surface area contributed by atoms with Crippen LogP contribution in [0.15, 0.2) is 6.08 Å². The summed E-state index contributed by atoms with van der Waals surface area (Å²) in [5, 5.41) is 0. The van der Waals surface area contributed by atoms with Crippen LogP contribution in [0.3, 0.4) is 0 Å². The lowest BCUT2D eigenvalue weighted by molar-refractivity contribution is -0.951. The molecule has 0 spiro atoms. The fourth-order valence-corrected chi connectivity index (χ4v) is 7.08. The smallest absolute Gasteiger partial charge is 0.310 e. The molecule has 228 valence electrons. The Kier molecular flexibility index (Phi) is 15.6. The average molecular weight is 577 g/mol. The maximum absolute atomic E-state index is 13.2. The van der Waals surface area contributed by atoms with Crippen molar-refractivity contribution in [2.75, 3.05) is 26.7 Å². The van der Waals surface area contributed by atoms with Gasteiger partial charge in [0.2, 0.25) is 6.23 Å². The molecule has 3 rings (SSSR count). The summed E-state index contributed by atoms with van der Waals surface area (Å²) in [5.74, 6) is 1.12. The zero-order valence-corrected chi connectivity index (χ0v) is 26.8. The van der Waals surface area contributed by atoms with E-state index in [1.807, 2.05) is 0 Å². The van der Waals surface area contributed by atoms with Gasteiger partial charge >= 0.3 is 5.97 Å². The second-order valence-electron chi connectivity index (χ2n) is 12.6. The number of carbonyl (C=O) groups is 1. The van der Waals surface area contributed by atoms with Gasteiger partial charge in [0, 0.05) is 24.3 Å². The van der Waals surface area contributed by atoms with Crippen molar-refractivity contribution in [2.24, 2.45) is 5.92 Å². The molecule has 0 amide bonds. The molecule has 1 aliphatic carbocycles. The summed E-state index contributed by atoms with van der Waals surface area (Å²) in [4.78, 5) is 13.2. The summed E-state index contributed by atoms with van der Waals surface area (Å²) in [6.45, 7) is 6.98. The van der Waals surface area contributed by atoms with Crippen LogP contribution in [0.5, 0.6) is 5.88 Å². The molecule has 1 fully saturated rings. The lowest BCUT2D eigenvalue weighted by atomic mass is 9.86. The summed E-state index contributed by atoms with van der Waals surface area (Å²) in [7, 11) is 2.29. The molecule has 1 saturated carbocycles. The molecule has 1 aliphatic heterocycles. The van der Waals surface area contributed by atoms with E-state index in [1.165, 1.54) is 101 Å². The van der Waals surface area contributed by atoms with E-state index >= 15 is 0 Å². The number of rotatable bonds is 20. The third kappa shape index (κ3) is 11.1. The highest BCUT2D eigenvalue weighted by atomic mass is 32.1. The van der Waals surface area contributed by atoms with Gasteiger partial charge in [-0.1, -0.05) is 110 Å². The lowest BCUT2D eigenvalue weighted by Gasteiger charge is -2.46. The van der Waals surface area contributed by atoms with Crippen molar-refractivity contribution in [3.05, 3.63) is 11.8 Å². The maximum atomic E-state index is 13.2. The molecule has 0 N–H and O–H groups in total. The van der Waals surface area contributed by atoms with Gasteiger partial charge in [-0.3, -0.25) is 9.28 Å². The Morgan fingerprint density at radius 2 is 1.57 bits per heavy atom. The van der Waals surface area contributed by atoms with E-state index in [-0.39, 0.29) is 12.2 Å². The zero-order chi connectivity index (χ0) is 28.5. The third-order valence-electron chi connectivity index (χ3n) is 8.97. The van der Waals surface area contributed by atoms with E-state index in [9.17, 15) is 4.79 Å². The van der Waals surface area contributed by atoms with Crippen molar-refractivity contribution in [1.29, 1.82) is 0 Å². The summed E-state index contributed by atoms with van der Waals surface area (Å²) in [5.41, 5.74) is 2.09. The van der Waals surface area contributed by atoms with Crippen LogP contribution in [0.2, 0.25) is 0 Å². The summed E-state index contributed by atoms with van der Waals surface area (Å²) < 4.78 is 22.4. The van der Waals surface area contributed by atoms with Crippen LogP contribution in [-0.4, -0.2) is 52.2 Å². The van der Waals surface area contributed by atoms with Crippen LogP contribution in [0.25, 0.3) is 5.57 Å². The number of unbranched alkanes of at least 4 members (excludes halogenated alkanes) is 11. The number of hydrogen-bond donors (Lipinski definition) is 0. The van der Waals surface area contributed by atoms with Crippen molar-refractivity contribution < 1.29 is 18.8 Å². The van der Waals surface area contributed by atoms with Gasteiger partial charge in [-0.2, -0.15) is 4.37 Å². The molecule has 2 atom stereocenters. The van der Waals surface area contributed by atoms with Crippen molar-refractivity contribution in [3.8, 4) is 5.88 Å². The Labute approximate surface area is 249 Å². The highest BCUT2D eigenvalue weighted by molar-refractivity contribution is 6.99. The monoisotopic (exact) mass is 576 g/mol. The van der Waals surface area contributed by atoms with Crippen LogP contribution in [0, 0.1) is 5.92 Å². The minimum atomic E-state index is -0.0833. The van der Waals surface area contributed by atoms with E-state index in [0.717, 1.165) is 61.8 Å². The molecular formula is C33H58N3O3S+. The molecule has 0 aromatic carbocycles. The average Bonchev–Trinajstić information content (AvgIpc) is 3.44. The van der Waals surface area contributed by atoms with Crippen LogP contribution >= 0.6 is 11.7 Å². The fourth-order valence-electron chi connectivity index (χ4n) is 6.55. The number of aromatic nitrogens is 2. The topological polar surface area (TPSA) is 61.3 Å². The first kappa shape index (κ1) is 33.0. The molecule has 0 radical (unpaired) electrons. The first-order valence-corrected chi connectivity index (χ1v) is 17.5. The van der Waals surface area contributed by atoms with Gasteiger partial charge in [0.25, 0.3) is 5.88 Å². The molecule has 7 heteroatoms.